The van der Waals surface area contributed by atoms with Crippen LogP contribution in [0.1, 0.15) is 55.9 Å². The Bertz CT molecular complexity index is 716. The first-order valence-electron chi connectivity index (χ1n) is 9.22. The molecule has 1 saturated heterocycles. The maximum absolute atomic E-state index is 12.7. The maximum Gasteiger partial charge on any atom is 0.236 e. The van der Waals surface area contributed by atoms with E-state index in [2.05, 4.69) is 15.1 Å². The number of likely N-dealkylation sites (tertiary alicyclic amines) is 1. The number of carbonyl (C=O) groups excluding carboxylic acids is 1. The van der Waals surface area contributed by atoms with E-state index in [1.165, 1.54) is 0 Å². The largest absolute Gasteiger partial charge is 0.341 e. The molecule has 3 rings (SSSR count). The summed E-state index contributed by atoms with van der Waals surface area (Å²) in [6, 6.07) is 5.83. The number of nitrogens with zero attached hydrogens (tertiary/aromatic N) is 5. The van der Waals surface area contributed by atoms with Gasteiger partial charge >= 0.3 is 0 Å². The molecule has 3 heterocycles. The van der Waals surface area contributed by atoms with Gasteiger partial charge in [-0.05, 0) is 32.0 Å². The van der Waals surface area contributed by atoms with Gasteiger partial charge in [0.2, 0.25) is 11.8 Å². The van der Waals surface area contributed by atoms with Crippen molar-refractivity contribution in [1.82, 2.24) is 24.9 Å². The van der Waals surface area contributed by atoms with Gasteiger partial charge in [-0.15, -0.1) is 0 Å². The van der Waals surface area contributed by atoms with Crippen LogP contribution in [-0.2, 0) is 11.3 Å². The zero-order chi connectivity index (χ0) is 18.5. The molecule has 7 heteroatoms. The molecule has 140 valence electrons. The summed E-state index contributed by atoms with van der Waals surface area (Å²) in [6.07, 6.45) is 3.71. The molecule has 1 aliphatic heterocycles. The van der Waals surface area contributed by atoms with Crippen molar-refractivity contribution < 1.29 is 9.32 Å². The van der Waals surface area contributed by atoms with Crippen LogP contribution >= 0.6 is 0 Å². The highest BCUT2D eigenvalue weighted by Crippen LogP contribution is 2.26. The summed E-state index contributed by atoms with van der Waals surface area (Å²) >= 11 is 0. The normalized spacial score (nSPS) is 17.9. The summed E-state index contributed by atoms with van der Waals surface area (Å²) in [6.45, 7) is 6.56. The summed E-state index contributed by atoms with van der Waals surface area (Å²) < 4.78 is 5.44. The minimum atomic E-state index is 0.133. The minimum Gasteiger partial charge on any atom is -0.341 e. The lowest BCUT2D eigenvalue weighted by molar-refractivity contribution is -0.133. The van der Waals surface area contributed by atoms with Gasteiger partial charge in [0.1, 0.15) is 0 Å². The molecule has 2 aromatic rings. The van der Waals surface area contributed by atoms with Crippen LogP contribution < -0.4 is 0 Å². The number of likely N-dealkylation sites (N-methyl/N-ethyl adjacent to an activating group) is 1. The van der Waals surface area contributed by atoms with Crippen molar-refractivity contribution in [3.05, 3.63) is 41.8 Å². The number of aromatic nitrogens is 3. The highest BCUT2D eigenvalue weighted by atomic mass is 16.5. The first kappa shape index (κ1) is 18.5. The van der Waals surface area contributed by atoms with E-state index in [0.717, 1.165) is 30.9 Å². The Morgan fingerprint density at radius 3 is 2.96 bits per heavy atom. The van der Waals surface area contributed by atoms with Gasteiger partial charge in [-0.1, -0.05) is 25.1 Å². The van der Waals surface area contributed by atoms with E-state index in [0.29, 0.717) is 25.5 Å². The minimum absolute atomic E-state index is 0.133. The first-order valence-corrected chi connectivity index (χ1v) is 9.22. The zero-order valence-electron chi connectivity index (χ0n) is 15.8. The molecule has 0 aliphatic carbocycles. The average molecular weight is 357 g/mol. The molecule has 1 atom stereocenters. The lowest BCUT2D eigenvalue weighted by Crippen LogP contribution is -2.43. The van der Waals surface area contributed by atoms with E-state index in [4.69, 9.17) is 4.52 Å². The number of amides is 1. The van der Waals surface area contributed by atoms with Crippen LogP contribution in [0.4, 0.5) is 0 Å². The van der Waals surface area contributed by atoms with E-state index < -0.39 is 0 Å². The summed E-state index contributed by atoms with van der Waals surface area (Å²) in [7, 11) is 1.95. The molecule has 0 saturated carbocycles. The Labute approximate surface area is 154 Å². The molecule has 1 unspecified atom stereocenters. The fraction of sp³-hybridized carbons (Fsp3) is 0.579. The Morgan fingerprint density at radius 2 is 2.27 bits per heavy atom. The lowest BCUT2D eigenvalue weighted by atomic mass is 9.98. The molecule has 0 bridgehead atoms. The van der Waals surface area contributed by atoms with Gasteiger partial charge in [-0.2, -0.15) is 4.98 Å². The van der Waals surface area contributed by atoms with E-state index in [9.17, 15) is 4.79 Å². The average Bonchev–Trinajstić information content (AvgIpc) is 3.13. The molecule has 1 amide bonds. The smallest absolute Gasteiger partial charge is 0.236 e. The monoisotopic (exact) mass is 357 g/mol. The van der Waals surface area contributed by atoms with Crippen LogP contribution in [0.2, 0.25) is 0 Å². The molecule has 0 radical (unpaired) electrons. The molecule has 1 aliphatic rings. The third-order valence-corrected chi connectivity index (χ3v) is 4.66. The van der Waals surface area contributed by atoms with Crippen LogP contribution in [-0.4, -0.2) is 57.5 Å². The number of carbonyl (C=O) groups is 1. The van der Waals surface area contributed by atoms with Crippen molar-refractivity contribution in [3.8, 4) is 0 Å². The van der Waals surface area contributed by atoms with Crippen molar-refractivity contribution >= 4 is 5.91 Å². The van der Waals surface area contributed by atoms with Crippen LogP contribution in [0.3, 0.4) is 0 Å². The number of pyridine rings is 1. The molecule has 2 aromatic heterocycles. The van der Waals surface area contributed by atoms with Crippen LogP contribution in [0.25, 0.3) is 0 Å². The molecule has 0 aromatic carbocycles. The zero-order valence-corrected chi connectivity index (χ0v) is 15.8. The SMILES string of the molecule is CC(C)c1noc(C2CCCN(C(=O)CN(C)Cc3ccccn3)C2)n1. The maximum atomic E-state index is 12.7. The molecule has 7 nitrogen and oxygen atoms in total. The van der Waals surface area contributed by atoms with Gasteiger partial charge in [0.05, 0.1) is 18.2 Å². The van der Waals surface area contributed by atoms with Crippen molar-refractivity contribution in [2.45, 2.75) is 45.1 Å². The Morgan fingerprint density at radius 1 is 1.42 bits per heavy atom. The van der Waals surface area contributed by atoms with Crippen molar-refractivity contribution in [2.75, 3.05) is 26.7 Å². The number of hydrogen-bond acceptors (Lipinski definition) is 6. The van der Waals surface area contributed by atoms with Gasteiger partial charge in [0.15, 0.2) is 5.82 Å². The van der Waals surface area contributed by atoms with Crippen molar-refractivity contribution in [2.24, 2.45) is 0 Å². The molecule has 26 heavy (non-hydrogen) atoms. The summed E-state index contributed by atoms with van der Waals surface area (Å²) in [4.78, 5) is 25.4. The van der Waals surface area contributed by atoms with E-state index >= 15 is 0 Å². The second kappa shape index (κ2) is 8.40. The van der Waals surface area contributed by atoms with Gasteiger partial charge in [0, 0.05) is 31.7 Å². The van der Waals surface area contributed by atoms with Crippen LogP contribution in [0.15, 0.2) is 28.9 Å². The van der Waals surface area contributed by atoms with E-state index in [1.54, 1.807) is 6.20 Å². The molecular weight excluding hydrogens is 330 g/mol. The topological polar surface area (TPSA) is 75.4 Å². The third-order valence-electron chi connectivity index (χ3n) is 4.66. The van der Waals surface area contributed by atoms with Crippen molar-refractivity contribution in [3.63, 3.8) is 0 Å². The Hall–Kier alpha value is -2.28. The Balaban J connectivity index is 1.55. The fourth-order valence-electron chi connectivity index (χ4n) is 3.21. The van der Waals surface area contributed by atoms with Gasteiger partial charge in [-0.3, -0.25) is 14.7 Å². The second-order valence-corrected chi connectivity index (χ2v) is 7.32. The molecule has 0 N–H and O–H groups in total. The van der Waals surface area contributed by atoms with Gasteiger partial charge < -0.3 is 9.42 Å². The highest BCUT2D eigenvalue weighted by Gasteiger charge is 2.29. The summed E-state index contributed by atoms with van der Waals surface area (Å²) in [5.41, 5.74) is 0.964. The molecule has 0 spiro atoms. The standard InChI is InChI=1S/C19H27N5O2/c1-14(2)18-21-19(26-22-18)15-7-6-10-24(11-15)17(25)13-23(3)12-16-8-4-5-9-20-16/h4-5,8-9,14-15H,6-7,10-13H2,1-3H3. The van der Waals surface area contributed by atoms with Crippen LogP contribution in [0, 0.1) is 0 Å². The molecular formula is C19H27N5O2. The summed E-state index contributed by atoms with van der Waals surface area (Å²) in [5.74, 6) is 1.91. The second-order valence-electron chi connectivity index (χ2n) is 7.32. The predicted molar refractivity (Wildman–Crippen MR) is 97.5 cm³/mol. The molecule has 1 fully saturated rings. The summed E-state index contributed by atoms with van der Waals surface area (Å²) in [5, 5.41) is 4.05. The quantitative estimate of drug-likeness (QED) is 0.790. The first-order chi connectivity index (χ1) is 12.5. The van der Waals surface area contributed by atoms with E-state index in [-0.39, 0.29) is 17.7 Å². The fourth-order valence-corrected chi connectivity index (χ4v) is 3.21. The lowest BCUT2D eigenvalue weighted by Gasteiger charge is -2.32. The predicted octanol–water partition coefficient (Wildman–Crippen LogP) is 2.43. The van der Waals surface area contributed by atoms with Gasteiger partial charge in [-0.25, -0.2) is 0 Å². The number of hydrogen-bond donors (Lipinski definition) is 0. The Kier molecular flexibility index (Phi) is 5.98. The van der Waals surface area contributed by atoms with Gasteiger partial charge in [0.25, 0.3) is 0 Å². The van der Waals surface area contributed by atoms with Crippen LogP contribution in [0.5, 0.6) is 0 Å². The van der Waals surface area contributed by atoms with E-state index in [1.807, 2.05) is 48.9 Å². The third kappa shape index (κ3) is 4.66. The number of rotatable bonds is 6. The van der Waals surface area contributed by atoms with Crippen molar-refractivity contribution in [1.29, 1.82) is 0 Å². The highest BCUT2D eigenvalue weighted by molar-refractivity contribution is 5.78. The number of piperidine rings is 1.